The van der Waals surface area contributed by atoms with Crippen molar-refractivity contribution < 1.29 is 26.3 Å². The van der Waals surface area contributed by atoms with Gasteiger partial charge in [-0.05, 0) is 0 Å². The van der Waals surface area contributed by atoms with Gasteiger partial charge in [0, 0.05) is 0 Å². The fraction of sp³-hybridized carbons (Fsp3) is 0.286. The Morgan fingerprint density at radius 3 is 2.14 bits per heavy atom. The maximum atomic E-state index is 13.0. The Bertz CT molecular complexity index is 607. The molecular formula is C14H9F6Li. The van der Waals surface area contributed by atoms with Crippen molar-refractivity contribution in [2.75, 3.05) is 0 Å². The van der Waals surface area contributed by atoms with Crippen molar-refractivity contribution in [3.05, 3.63) is 56.9 Å². The molecule has 0 atom stereocenters. The molecule has 0 nitrogen and oxygen atoms in total. The Morgan fingerprint density at radius 2 is 1.67 bits per heavy atom. The van der Waals surface area contributed by atoms with Crippen LogP contribution in [0.25, 0.3) is 0 Å². The second kappa shape index (κ2) is 5.58. The summed E-state index contributed by atoms with van der Waals surface area (Å²) in [6.45, 7) is 0. The van der Waals surface area contributed by atoms with Gasteiger partial charge in [0.15, 0.2) is 0 Å². The van der Waals surface area contributed by atoms with Gasteiger partial charge in [-0.15, -0.1) is 0 Å². The minimum absolute atomic E-state index is 0.0185. The average molecular weight is 298 g/mol. The monoisotopic (exact) mass is 298 g/mol. The van der Waals surface area contributed by atoms with Crippen molar-refractivity contribution in [3.63, 3.8) is 0 Å². The SMILES string of the molecule is [Li][C]1=C(Cc2ccc(C(F)(F)F)cc2C(F)(F)F)C=CC1. The van der Waals surface area contributed by atoms with Gasteiger partial charge >= 0.3 is 126 Å². The Hall–Kier alpha value is -1.12. The number of hydrogen-bond acceptors (Lipinski definition) is 0. The number of benzene rings is 1. The Labute approximate surface area is 126 Å². The normalized spacial score (nSPS) is 16.0. The van der Waals surface area contributed by atoms with E-state index in [1.54, 1.807) is 23.8 Å². The maximum absolute atomic E-state index is 13.0. The predicted octanol–water partition coefficient (Wildman–Crippen LogP) is 4.65. The van der Waals surface area contributed by atoms with E-state index in [2.05, 4.69) is 0 Å². The molecule has 1 aliphatic rings. The van der Waals surface area contributed by atoms with Crippen LogP contribution in [0.3, 0.4) is 0 Å². The first-order valence-corrected chi connectivity index (χ1v) is 6.21. The molecule has 1 aromatic carbocycles. The van der Waals surface area contributed by atoms with E-state index in [0.29, 0.717) is 12.5 Å². The first kappa shape index (κ1) is 16.3. The van der Waals surface area contributed by atoms with Crippen LogP contribution in [0.1, 0.15) is 23.1 Å². The Balaban J connectivity index is 2.46. The number of alkyl halides is 6. The van der Waals surface area contributed by atoms with E-state index in [1.165, 1.54) is 0 Å². The van der Waals surface area contributed by atoms with Gasteiger partial charge < -0.3 is 0 Å². The molecule has 0 aliphatic heterocycles. The van der Waals surface area contributed by atoms with Crippen LogP contribution in [-0.2, 0) is 18.8 Å². The van der Waals surface area contributed by atoms with E-state index in [1.807, 2.05) is 6.08 Å². The molecule has 21 heavy (non-hydrogen) atoms. The molecular weight excluding hydrogens is 289 g/mol. The molecule has 0 unspecified atom stereocenters. The molecule has 7 heteroatoms. The van der Waals surface area contributed by atoms with E-state index < -0.39 is 23.5 Å². The molecule has 0 fully saturated rings. The molecule has 0 spiro atoms. The van der Waals surface area contributed by atoms with Crippen molar-refractivity contribution in [2.45, 2.75) is 25.2 Å². The zero-order valence-electron chi connectivity index (χ0n) is 11.1. The van der Waals surface area contributed by atoms with E-state index in [4.69, 9.17) is 0 Å². The third-order valence-corrected chi connectivity index (χ3v) is 3.41. The molecule has 1 aromatic rings. The van der Waals surface area contributed by atoms with E-state index in [0.717, 1.165) is 15.9 Å². The van der Waals surface area contributed by atoms with Crippen LogP contribution in [0.5, 0.6) is 0 Å². The van der Waals surface area contributed by atoms with Crippen LogP contribution in [0.4, 0.5) is 26.3 Å². The third kappa shape index (κ3) is 3.75. The summed E-state index contributed by atoms with van der Waals surface area (Å²) in [5.41, 5.74) is -1.93. The summed E-state index contributed by atoms with van der Waals surface area (Å²) in [7, 11) is 0. The molecule has 0 amide bonds. The summed E-state index contributed by atoms with van der Waals surface area (Å²) in [5, 5.41) is 0. The van der Waals surface area contributed by atoms with Gasteiger partial charge in [0.1, 0.15) is 0 Å². The summed E-state index contributed by atoms with van der Waals surface area (Å²) in [6.07, 6.45) is -5.42. The number of halogens is 6. The van der Waals surface area contributed by atoms with Crippen LogP contribution >= 0.6 is 0 Å². The molecule has 0 saturated carbocycles. The summed E-state index contributed by atoms with van der Waals surface area (Å²) in [5.74, 6) is 0. The first-order chi connectivity index (χ1) is 9.59. The zero-order chi connectivity index (χ0) is 15.8. The van der Waals surface area contributed by atoms with Crippen LogP contribution in [0, 0.1) is 0 Å². The third-order valence-electron chi connectivity index (χ3n) is 3.41. The van der Waals surface area contributed by atoms with E-state index >= 15 is 0 Å². The molecule has 0 aromatic heterocycles. The van der Waals surface area contributed by atoms with Gasteiger partial charge in [-0.25, -0.2) is 0 Å². The van der Waals surface area contributed by atoms with Gasteiger partial charge in [-0.3, -0.25) is 0 Å². The molecule has 0 heterocycles. The summed E-state index contributed by atoms with van der Waals surface area (Å²) in [4.78, 5) is 0. The van der Waals surface area contributed by atoms with Crippen LogP contribution in [0.2, 0.25) is 0 Å². The van der Waals surface area contributed by atoms with Crippen molar-refractivity contribution >= 4 is 17.7 Å². The minimum atomic E-state index is -4.81. The van der Waals surface area contributed by atoms with Crippen LogP contribution in [-0.4, -0.2) is 17.7 Å². The van der Waals surface area contributed by atoms with E-state index in [9.17, 15) is 26.3 Å². The van der Waals surface area contributed by atoms with Gasteiger partial charge in [0.2, 0.25) is 0 Å². The van der Waals surface area contributed by atoms with Crippen molar-refractivity contribution in [1.29, 1.82) is 0 Å². The summed E-state index contributed by atoms with van der Waals surface area (Å²) in [6, 6.07) is 1.79. The van der Waals surface area contributed by atoms with Gasteiger partial charge in [-0.2, -0.15) is 0 Å². The predicted molar refractivity (Wildman–Crippen MR) is 66.7 cm³/mol. The second-order valence-corrected chi connectivity index (χ2v) is 4.96. The van der Waals surface area contributed by atoms with Crippen LogP contribution in [0.15, 0.2) is 40.2 Å². The average Bonchev–Trinajstić information content (AvgIpc) is 2.73. The van der Waals surface area contributed by atoms with Crippen LogP contribution < -0.4 is 0 Å². The van der Waals surface area contributed by atoms with Crippen molar-refractivity contribution in [2.24, 2.45) is 0 Å². The van der Waals surface area contributed by atoms with Gasteiger partial charge in [0.05, 0.1) is 0 Å². The Kier molecular flexibility index (Phi) is 4.32. The fourth-order valence-electron chi connectivity index (χ4n) is 2.24. The molecule has 0 N–H and O–H groups in total. The fourth-order valence-corrected chi connectivity index (χ4v) is 2.24. The topological polar surface area (TPSA) is 0 Å². The molecule has 0 radical (unpaired) electrons. The van der Waals surface area contributed by atoms with Crippen molar-refractivity contribution in [3.8, 4) is 0 Å². The molecule has 0 bridgehead atoms. The van der Waals surface area contributed by atoms with Gasteiger partial charge in [0.25, 0.3) is 0 Å². The summed E-state index contributed by atoms with van der Waals surface area (Å²) >= 11 is 1.80. The quantitative estimate of drug-likeness (QED) is 0.551. The standard InChI is InChI=1S/C14H9F6.Li/c15-13(16,17)11-6-5-10(7-9-3-1-2-4-9)12(8-11)14(18,19)20;/h1,3,5-6,8H,2,7H2;. The number of rotatable bonds is 2. The summed E-state index contributed by atoms with van der Waals surface area (Å²) < 4.78 is 77.6. The second-order valence-electron chi connectivity index (χ2n) is 4.96. The molecule has 2 rings (SSSR count). The van der Waals surface area contributed by atoms with E-state index in [-0.39, 0.29) is 18.1 Å². The first-order valence-electron chi connectivity index (χ1n) is 6.21. The van der Waals surface area contributed by atoms with Crippen molar-refractivity contribution in [1.82, 2.24) is 0 Å². The number of hydrogen-bond donors (Lipinski definition) is 0. The van der Waals surface area contributed by atoms with Gasteiger partial charge in [-0.1, -0.05) is 0 Å². The Morgan fingerprint density at radius 1 is 1.00 bits per heavy atom. The zero-order valence-corrected chi connectivity index (χ0v) is 11.1. The molecule has 108 valence electrons. The number of allylic oxidation sites excluding steroid dienone is 4. The molecule has 1 aliphatic carbocycles. The molecule has 0 saturated heterocycles.